The lowest BCUT2D eigenvalue weighted by atomic mass is 9.99. The Balaban J connectivity index is 2.18. The summed E-state index contributed by atoms with van der Waals surface area (Å²) in [5.41, 5.74) is 2.62. The summed E-state index contributed by atoms with van der Waals surface area (Å²) in [6, 6.07) is 7.36. The molecule has 0 aromatic heterocycles. The molecule has 3 heteroatoms. The second kappa shape index (κ2) is 5.17. The average Bonchev–Trinajstić information content (AvgIpc) is 2.75. The van der Waals surface area contributed by atoms with Crippen LogP contribution in [0.4, 0.5) is 0 Å². The highest BCUT2D eigenvalue weighted by molar-refractivity contribution is 6.01. The number of carbonyl (C=O) groups is 2. The molecule has 0 saturated heterocycles. The van der Waals surface area contributed by atoms with E-state index in [-0.39, 0.29) is 5.78 Å². The zero-order valence-electron chi connectivity index (χ0n) is 10.3. The molecule has 1 aromatic rings. The normalized spacial score (nSPS) is 19.2. The Morgan fingerprint density at radius 2 is 1.94 bits per heavy atom. The summed E-state index contributed by atoms with van der Waals surface area (Å²) in [7, 11) is 0. The van der Waals surface area contributed by atoms with E-state index in [1.807, 2.05) is 30.3 Å². The van der Waals surface area contributed by atoms with Crippen molar-refractivity contribution in [1.29, 1.82) is 0 Å². The molecule has 1 atom stereocenters. The van der Waals surface area contributed by atoms with Crippen LogP contribution in [0.3, 0.4) is 0 Å². The first-order valence-corrected chi connectivity index (χ1v) is 6.14. The second-order valence-electron chi connectivity index (χ2n) is 4.67. The monoisotopic (exact) mass is 244 g/mol. The Labute approximate surface area is 106 Å². The molecule has 1 aliphatic carbocycles. The predicted octanol–water partition coefficient (Wildman–Crippen LogP) is 3.01. The van der Waals surface area contributed by atoms with E-state index in [9.17, 15) is 9.59 Å². The minimum absolute atomic E-state index is 0.234. The number of carboxylic acid groups (broad SMARTS) is 1. The Kier molecular flexibility index (Phi) is 3.60. The SMILES string of the molecule is CC(C(=O)O)c1ccc(/C=C2/CCCC2=O)cc1. The van der Waals surface area contributed by atoms with Gasteiger partial charge in [0.05, 0.1) is 5.92 Å². The summed E-state index contributed by atoms with van der Waals surface area (Å²) >= 11 is 0. The van der Waals surface area contributed by atoms with Gasteiger partial charge in [-0.3, -0.25) is 9.59 Å². The molecule has 18 heavy (non-hydrogen) atoms. The first-order chi connectivity index (χ1) is 8.58. The van der Waals surface area contributed by atoms with Crippen LogP contribution in [0.1, 0.15) is 43.2 Å². The summed E-state index contributed by atoms with van der Waals surface area (Å²) in [5, 5.41) is 8.91. The minimum atomic E-state index is -0.827. The number of aliphatic carboxylic acids is 1. The van der Waals surface area contributed by atoms with Crippen molar-refractivity contribution in [1.82, 2.24) is 0 Å². The van der Waals surface area contributed by atoms with Crippen molar-refractivity contribution in [3.8, 4) is 0 Å². The molecule has 0 aliphatic heterocycles. The molecule has 0 spiro atoms. The van der Waals surface area contributed by atoms with Crippen molar-refractivity contribution in [2.45, 2.75) is 32.1 Å². The van der Waals surface area contributed by atoms with E-state index >= 15 is 0 Å². The largest absolute Gasteiger partial charge is 0.481 e. The van der Waals surface area contributed by atoms with Crippen molar-refractivity contribution in [3.63, 3.8) is 0 Å². The summed E-state index contributed by atoms with van der Waals surface area (Å²) in [6.45, 7) is 1.66. The van der Waals surface area contributed by atoms with Gasteiger partial charge in [0.2, 0.25) is 0 Å². The lowest BCUT2D eigenvalue weighted by Gasteiger charge is -2.06. The summed E-state index contributed by atoms with van der Waals surface area (Å²) in [4.78, 5) is 22.3. The number of ketones is 1. The van der Waals surface area contributed by atoms with E-state index in [2.05, 4.69) is 0 Å². The molecule has 1 saturated carbocycles. The number of benzene rings is 1. The van der Waals surface area contributed by atoms with E-state index in [1.54, 1.807) is 6.92 Å². The zero-order chi connectivity index (χ0) is 13.1. The van der Waals surface area contributed by atoms with Crippen LogP contribution in [0.2, 0.25) is 0 Å². The van der Waals surface area contributed by atoms with Gasteiger partial charge in [-0.2, -0.15) is 0 Å². The predicted molar refractivity (Wildman–Crippen MR) is 69.3 cm³/mol. The number of Topliss-reactive ketones (excluding diaryl/α,β-unsaturated/α-hetero) is 1. The zero-order valence-corrected chi connectivity index (χ0v) is 10.3. The van der Waals surface area contributed by atoms with E-state index in [1.165, 1.54) is 0 Å². The molecule has 0 heterocycles. The molecule has 1 aromatic carbocycles. The molecule has 0 amide bonds. The third-order valence-electron chi connectivity index (χ3n) is 3.36. The molecule has 1 N–H and O–H groups in total. The Hall–Kier alpha value is -1.90. The maximum Gasteiger partial charge on any atom is 0.310 e. The fraction of sp³-hybridized carbons (Fsp3) is 0.333. The molecule has 3 nitrogen and oxygen atoms in total. The second-order valence-corrected chi connectivity index (χ2v) is 4.67. The van der Waals surface area contributed by atoms with Gasteiger partial charge in [0.25, 0.3) is 0 Å². The number of rotatable bonds is 3. The summed E-state index contributed by atoms with van der Waals surface area (Å²) < 4.78 is 0. The molecule has 2 rings (SSSR count). The van der Waals surface area contributed by atoms with Crippen LogP contribution in [0.15, 0.2) is 29.8 Å². The van der Waals surface area contributed by atoms with Crippen LogP contribution in [-0.4, -0.2) is 16.9 Å². The van der Waals surface area contributed by atoms with E-state index in [4.69, 9.17) is 5.11 Å². The van der Waals surface area contributed by atoms with Crippen molar-refractivity contribution >= 4 is 17.8 Å². The lowest BCUT2D eigenvalue weighted by molar-refractivity contribution is -0.138. The molecular formula is C15H16O3. The van der Waals surface area contributed by atoms with Gasteiger partial charge >= 0.3 is 5.97 Å². The van der Waals surface area contributed by atoms with Gasteiger partial charge in [-0.05, 0) is 42.5 Å². The number of allylic oxidation sites excluding steroid dienone is 1. The minimum Gasteiger partial charge on any atom is -0.481 e. The third kappa shape index (κ3) is 2.67. The number of hydrogen-bond acceptors (Lipinski definition) is 2. The maximum atomic E-state index is 11.5. The standard InChI is InChI=1S/C15H16O3/c1-10(15(17)18)12-7-5-11(6-8-12)9-13-3-2-4-14(13)16/h5-10H,2-4H2,1H3,(H,17,18)/b13-9-. The van der Waals surface area contributed by atoms with Crippen molar-refractivity contribution < 1.29 is 14.7 Å². The van der Waals surface area contributed by atoms with Gasteiger partial charge in [0.15, 0.2) is 5.78 Å². The molecule has 94 valence electrons. The van der Waals surface area contributed by atoms with Crippen molar-refractivity contribution in [2.24, 2.45) is 0 Å². The number of carbonyl (C=O) groups excluding carboxylic acids is 1. The van der Waals surface area contributed by atoms with E-state index < -0.39 is 11.9 Å². The Morgan fingerprint density at radius 3 is 2.44 bits per heavy atom. The quantitative estimate of drug-likeness (QED) is 0.831. The van der Waals surface area contributed by atoms with Crippen LogP contribution in [0.5, 0.6) is 0 Å². The molecule has 1 aliphatic rings. The molecule has 0 radical (unpaired) electrons. The van der Waals surface area contributed by atoms with Gasteiger partial charge < -0.3 is 5.11 Å². The molecule has 1 unspecified atom stereocenters. The highest BCUT2D eigenvalue weighted by Gasteiger charge is 2.17. The first kappa shape index (κ1) is 12.6. The fourth-order valence-electron chi connectivity index (χ4n) is 2.12. The van der Waals surface area contributed by atoms with Gasteiger partial charge in [-0.25, -0.2) is 0 Å². The topological polar surface area (TPSA) is 54.4 Å². The molecular weight excluding hydrogens is 228 g/mol. The fourth-order valence-corrected chi connectivity index (χ4v) is 2.12. The van der Waals surface area contributed by atoms with Gasteiger partial charge in [-0.15, -0.1) is 0 Å². The van der Waals surface area contributed by atoms with Gasteiger partial charge in [-0.1, -0.05) is 24.3 Å². The van der Waals surface area contributed by atoms with Crippen LogP contribution in [-0.2, 0) is 9.59 Å². The van der Waals surface area contributed by atoms with Gasteiger partial charge in [0.1, 0.15) is 0 Å². The summed E-state index contributed by atoms with van der Waals surface area (Å²) in [6.07, 6.45) is 4.36. The molecule has 1 fully saturated rings. The lowest BCUT2D eigenvalue weighted by Crippen LogP contribution is -2.06. The maximum absolute atomic E-state index is 11.5. The highest BCUT2D eigenvalue weighted by atomic mass is 16.4. The highest BCUT2D eigenvalue weighted by Crippen LogP contribution is 2.23. The van der Waals surface area contributed by atoms with Crippen LogP contribution < -0.4 is 0 Å². The summed E-state index contributed by atoms with van der Waals surface area (Å²) in [5.74, 6) is -1.09. The average molecular weight is 244 g/mol. The van der Waals surface area contributed by atoms with Crippen LogP contribution in [0, 0.1) is 0 Å². The first-order valence-electron chi connectivity index (χ1n) is 6.14. The Bertz CT molecular complexity index is 497. The smallest absolute Gasteiger partial charge is 0.310 e. The number of carboxylic acids is 1. The van der Waals surface area contributed by atoms with Gasteiger partial charge in [0, 0.05) is 6.42 Å². The van der Waals surface area contributed by atoms with Crippen molar-refractivity contribution in [3.05, 3.63) is 41.0 Å². The molecule has 0 bridgehead atoms. The number of hydrogen-bond donors (Lipinski definition) is 1. The van der Waals surface area contributed by atoms with E-state index in [0.717, 1.165) is 29.5 Å². The van der Waals surface area contributed by atoms with E-state index in [0.29, 0.717) is 6.42 Å². The van der Waals surface area contributed by atoms with Crippen LogP contribution in [0.25, 0.3) is 6.08 Å². The van der Waals surface area contributed by atoms with Crippen molar-refractivity contribution in [2.75, 3.05) is 0 Å². The third-order valence-corrected chi connectivity index (χ3v) is 3.36. The Morgan fingerprint density at radius 1 is 1.28 bits per heavy atom. The van der Waals surface area contributed by atoms with Crippen LogP contribution >= 0.6 is 0 Å².